The molecule has 2 aromatic carbocycles. The third-order valence-corrected chi connectivity index (χ3v) is 3.92. The zero-order valence-electron chi connectivity index (χ0n) is 14.1. The van der Waals surface area contributed by atoms with Crippen LogP contribution in [0.1, 0.15) is 0 Å². The molecule has 0 radical (unpaired) electrons. The molecule has 126 valence electrons. The number of fused-ring (bicyclic) bond motifs is 1. The highest BCUT2D eigenvalue weighted by Gasteiger charge is 2.14. The Kier molecular flexibility index (Phi) is 4.12. The van der Waals surface area contributed by atoms with Crippen molar-refractivity contribution >= 4 is 16.7 Å². The molecule has 3 aromatic rings. The maximum atomic E-state index is 5.95. The fourth-order valence-electron chi connectivity index (χ4n) is 2.66. The summed E-state index contributed by atoms with van der Waals surface area (Å²) in [7, 11) is 6.63. The van der Waals surface area contributed by atoms with Gasteiger partial charge in [0.1, 0.15) is 17.3 Å². The zero-order valence-corrected chi connectivity index (χ0v) is 14.1. The maximum Gasteiger partial charge on any atom is 0.203 e. The van der Waals surface area contributed by atoms with E-state index in [0.717, 1.165) is 10.9 Å². The summed E-state index contributed by atoms with van der Waals surface area (Å²) in [5, 5.41) is 1.01. The molecule has 1 heterocycles. The molecule has 0 amide bonds. The predicted octanol–water partition coefficient (Wildman–Crippen LogP) is 3.58. The van der Waals surface area contributed by atoms with E-state index in [9.17, 15) is 0 Å². The van der Waals surface area contributed by atoms with Gasteiger partial charge in [0.25, 0.3) is 0 Å². The lowest BCUT2D eigenvalue weighted by atomic mass is 10.2. The predicted molar refractivity (Wildman–Crippen MR) is 93.5 cm³/mol. The van der Waals surface area contributed by atoms with E-state index in [4.69, 9.17) is 24.7 Å². The number of benzene rings is 2. The fourth-order valence-corrected chi connectivity index (χ4v) is 2.66. The first-order valence-corrected chi connectivity index (χ1v) is 7.40. The van der Waals surface area contributed by atoms with Crippen LogP contribution in [-0.4, -0.2) is 25.9 Å². The SMILES string of the molecule is COc1cc(Oc2ccc3c(c2)cc(N)n3C)cc(OC)c1OC. The number of methoxy groups -OCH3 is 3. The van der Waals surface area contributed by atoms with Crippen LogP contribution < -0.4 is 24.7 Å². The van der Waals surface area contributed by atoms with Crippen LogP contribution in [0.15, 0.2) is 36.4 Å². The van der Waals surface area contributed by atoms with Crippen molar-refractivity contribution in [1.29, 1.82) is 0 Å². The highest BCUT2D eigenvalue weighted by Crippen LogP contribution is 2.42. The van der Waals surface area contributed by atoms with Gasteiger partial charge in [-0.1, -0.05) is 0 Å². The van der Waals surface area contributed by atoms with E-state index in [1.807, 2.05) is 35.9 Å². The second-order valence-corrected chi connectivity index (χ2v) is 5.31. The van der Waals surface area contributed by atoms with Gasteiger partial charge in [-0.05, 0) is 24.3 Å². The molecule has 0 spiro atoms. The van der Waals surface area contributed by atoms with E-state index >= 15 is 0 Å². The lowest BCUT2D eigenvalue weighted by Gasteiger charge is -2.14. The lowest BCUT2D eigenvalue weighted by molar-refractivity contribution is 0.321. The Balaban J connectivity index is 1.98. The van der Waals surface area contributed by atoms with Gasteiger partial charge < -0.3 is 29.2 Å². The second-order valence-electron chi connectivity index (χ2n) is 5.31. The smallest absolute Gasteiger partial charge is 0.203 e. The number of hydrogen-bond donors (Lipinski definition) is 1. The number of aromatic nitrogens is 1. The summed E-state index contributed by atoms with van der Waals surface area (Å²) < 4.78 is 23.9. The van der Waals surface area contributed by atoms with Crippen LogP contribution in [0.3, 0.4) is 0 Å². The Morgan fingerprint density at radius 3 is 2.08 bits per heavy atom. The van der Waals surface area contributed by atoms with Crippen LogP contribution in [-0.2, 0) is 7.05 Å². The van der Waals surface area contributed by atoms with Gasteiger partial charge in [0.05, 0.1) is 21.3 Å². The number of hydrogen-bond acceptors (Lipinski definition) is 5. The summed E-state index contributed by atoms with van der Waals surface area (Å²) in [6, 6.07) is 11.2. The minimum Gasteiger partial charge on any atom is -0.493 e. The average molecular weight is 328 g/mol. The monoisotopic (exact) mass is 328 g/mol. The largest absolute Gasteiger partial charge is 0.493 e. The molecular weight excluding hydrogens is 308 g/mol. The van der Waals surface area contributed by atoms with Gasteiger partial charge in [0, 0.05) is 30.1 Å². The summed E-state index contributed by atoms with van der Waals surface area (Å²) in [4.78, 5) is 0. The summed E-state index contributed by atoms with van der Waals surface area (Å²) in [5.41, 5.74) is 6.98. The summed E-state index contributed by atoms with van der Waals surface area (Å²) in [6.45, 7) is 0. The van der Waals surface area contributed by atoms with E-state index in [0.29, 0.717) is 34.6 Å². The summed E-state index contributed by atoms with van der Waals surface area (Å²) in [6.07, 6.45) is 0. The number of aryl methyl sites for hydroxylation is 1. The molecular formula is C18H20N2O4. The van der Waals surface area contributed by atoms with Gasteiger partial charge in [-0.2, -0.15) is 0 Å². The first-order chi connectivity index (χ1) is 11.6. The number of anilines is 1. The van der Waals surface area contributed by atoms with E-state index in [1.54, 1.807) is 33.5 Å². The minimum absolute atomic E-state index is 0.527. The van der Waals surface area contributed by atoms with Crippen molar-refractivity contribution in [3.8, 4) is 28.7 Å². The zero-order chi connectivity index (χ0) is 17.3. The molecule has 6 heteroatoms. The highest BCUT2D eigenvalue weighted by molar-refractivity contribution is 5.85. The lowest BCUT2D eigenvalue weighted by Crippen LogP contribution is -1.96. The van der Waals surface area contributed by atoms with E-state index in [2.05, 4.69) is 0 Å². The second kappa shape index (κ2) is 6.23. The number of nitrogens with zero attached hydrogens (tertiary/aromatic N) is 1. The molecule has 0 fully saturated rings. The maximum absolute atomic E-state index is 5.95. The number of rotatable bonds is 5. The molecule has 0 unspecified atom stereocenters. The van der Waals surface area contributed by atoms with Crippen LogP contribution in [0.4, 0.5) is 5.82 Å². The van der Waals surface area contributed by atoms with Gasteiger partial charge in [-0.25, -0.2) is 0 Å². The summed E-state index contributed by atoms with van der Waals surface area (Å²) >= 11 is 0. The van der Waals surface area contributed by atoms with Crippen LogP contribution in [0, 0.1) is 0 Å². The van der Waals surface area contributed by atoms with Gasteiger partial charge in [0.2, 0.25) is 5.75 Å². The molecule has 0 saturated carbocycles. The normalized spacial score (nSPS) is 10.7. The van der Waals surface area contributed by atoms with Gasteiger partial charge >= 0.3 is 0 Å². The van der Waals surface area contributed by atoms with Gasteiger partial charge in [0.15, 0.2) is 11.5 Å². The minimum atomic E-state index is 0.527. The quantitative estimate of drug-likeness (QED) is 0.775. The third-order valence-electron chi connectivity index (χ3n) is 3.92. The van der Waals surface area contributed by atoms with E-state index in [1.165, 1.54) is 0 Å². The first kappa shape index (κ1) is 15.9. The fraction of sp³-hybridized carbons (Fsp3) is 0.222. The molecule has 0 aliphatic carbocycles. The Morgan fingerprint density at radius 2 is 1.50 bits per heavy atom. The molecule has 6 nitrogen and oxygen atoms in total. The molecule has 3 rings (SSSR count). The van der Waals surface area contributed by atoms with Crippen molar-refractivity contribution < 1.29 is 18.9 Å². The molecule has 0 atom stereocenters. The molecule has 2 N–H and O–H groups in total. The molecule has 24 heavy (non-hydrogen) atoms. The number of ether oxygens (including phenoxy) is 4. The Morgan fingerprint density at radius 1 is 0.833 bits per heavy atom. The Bertz CT molecular complexity index is 861. The van der Waals surface area contributed by atoms with Crippen molar-refractivity contribution in [2.45, 2.75) is 0 Å². The molecule has 1 aromatic heterocycles. The molecule has 0 saturated heterocycles. The van der Waals surface area contributed by atoms with Crippen molar-refractivity contribution in [3.63, 3.8) is 0 Å². The molecule has 0 bridgehead atoms. The van der Waals surface area contributed by atoms with Crippen LogP contribution in [0.5, 0.6) is 28.7 Å². The Labute approximate surface area is 140 Å². The van der Waals surface area contributed by atoms with Crippen molar-refractivity contribution in [2.24, 2.45) is 7.05 Å². The van der Waals surface area contributed by atoms with Gasteiger partial charge in [-0.3, -0.25) is 0 Å². The number of nitrogen functional groups attached to an aromatic ring is 1. The molecule has 0 aliphatic rings. The highest BCUT2D eigenvalue weighted by atomic mass is 16.5. The number of nitrogens with two attached hydrogens (primary N) is 1. The van der Waals surface area contributed by atoms with Crippen molar-refractivity contribution in [3.05, 3.63) is 36.4 Å². The topological polar surface area (TPSA) is 67.9 Å². The van der Waals surface area contributed by atoms with Gasteiger partial charge in [-0.15, -0.1) is 0 Å². The van der Waals surface area contributed by atoms with Crippen LogP contribution >= 0.6 is 0 Å². The first-order valence-electron chi connectivity index (χ1n) is 7.40. The third kappa shape index (κ3) is 2.67. The van der Waals surface area contributed by atoms with Crippen molar-refractivity contribution in [2.75, 3.05) is 27.1 Å². The standard InChI is InChI=1S/C18H20N2O4/c1-20-14-6-5-12(7-11(14)8-17(20)19)24-13-9-15(21-2)18(23-4)16(10-13)22-3/h5-10H,19H2,1-4H3. The van der Waals surface area contributed by atoms with E-state index < -0.39 is 0 Å². The van der Waals surface area contributed by atoms with E-state index in [-0.39, 0.29) is 0 Å². The van der Waals surface area contributed by atoms with Crippen molar-refractivity contribution in [1.82, 2.24) is 4.57 Å². The van der Waals surface area contributed by atoms with Crippen LogP contribution in [0.2, 0.25) is 0 Å². The average Bonchev–Trinajstić information content (AvgIpc) is 2.87. The Hall–Kier alpha value is -3.02. The molecule has 0 aliphatic heterocycles. The summed E-state index contributed by atoms with van der Waals surface area (Å²) in [5.74, 6) is 3.59. The van der Waals surface area contributed by atoms with Crippen LogP contribution in [0.25, 0.3) is 10.9 Å².